The van der Waals surface area contributed by atoms with Crippen LogP contribution in [0.4, 0.5) is 11.8 Å². The summed E-state index contributed by atoms with van der Waals surface area (Å²) in [6.45, 7) is 6.73. The van der Waals surface area contributed by atoms with Gasteiger partial charge in [-0.1, -0.05) is 0 Å². The van der Waals surface area contributed by atoms with Crippen molar-refractivity contribution >= 4 is 22.8 Å². The van der Waals surface area contributed by atoms with Gasteiger partial charge in [0.25, 0.3) is 0 Å². The predicted octanol–water partition coefficient (Wildman–Crippen LogP) is 0.992. The molecule has 7 nitrogen and oxygen atoms in total. The van der Waals surface area contributed by atoms with Gasteiger partial charge in [-0.3, -0.25) is 5.10 Å². The zero-order chi connectivity index (χ0) is 14.0. The minimum Gasteiger partial charge on any atom is -0.389 e. The van der Waals surface area contributed by atoms with Crippen molar-refractivity contribution in [3.05, 3.63) is 6.20 Å². The first-order valence-corrected chi connectivity index (χ1v) is 6.29. The highest BCUT2D eigenvalue weighted by Gasteiger charge is 2.19. The molecule has 2 heterocycles. The predicted molar refractivity (Wildman–Crippen MR) is 75.4 cm³/mol. The number of hydrogen-bond donors (Lipinski definition) is 3. The molecular formula is C12H20N6O. The fourth-order valence-electron chi connectivity index (χ4n) is 2.00. The SMILES string of the molecule is CCNc1nc(N(C)CC(C)(C)O)c2cn[nH]c2n1. The number of aliphatic hydroxyl groups is 1. The topological polar surface area (TPSA) is 90.0 Å². The molecule has 0 saturated heterocycles. The zero-order valence-electron chi connectivity index (χ0n) is 11.7. The molecule has 3 N–H and O–H groups in total. The van der Waals surface area contributed by atoms with Crippen molar-refractivity contribution in [2.75, 3.05) is 30.4 Å². The number of hydrogen-bond acceptors (Lipinski definition) is 6. The lowest BCUT2D eigenvalue weighted by molar-refractivity contribution is 0.0885. The van der Waals surface area contributed by atoms with Crippen LogP contribution in [-0.2, 0) is 0 Å². The highest BCUT2D eigenvalue weighted by Crippen LogP contribution is 2.24. The number of anilines is 2. The number of rotatable bonds is 5. The Hall–Kier alpha value is -1.89. The molecule has 7 heteroatoms. The summed E-state index contributed by atoms with van der Waals surface area (Å²) in [5.41, 5.74) is -0.114. The molecule has 0 atom stereocenters. The van der Waals surface area contributed by atoms with E-state index >= 15 is 0 Å². The Labute approximate surface area is 112 Å². The summed E-state index contributed by atoms with van der Waals surface area (Å²) in [6, 6.07) is 0. The molecule has 2 aromatic rings. The number of fused-ring (bicyclic) bond motifs is 1. The molecule has 0 aliphatic carbocycles. The Balaban J connectivity index is 2.42. The van der Waals surface area contributed by atoms with Gasteiger partial charge in [-0.15, -0.1) is 0 Å². The van der Waals surface area contributed by atoms with E-state index in [1.807, 2.05) is 18.9 Å². The molecule has 2 rings (SSSR count). The van der Waals surface area contributed by atoms with E-state index in [-0.39, 0.29) is 0 Å². The zero-order valence-corrected chi connectivity index (χ0v) is 11.7. The molecule has 0 bridgehead atoms. The van der Waals surface area contributed by atoms with Crippen molar-refractivity contribution in [3.8, 4) is 0 Å². The number of likely N-dealkylation sites (N-methyl/N-ethyl adjacent to an activating group) is 1. The van der Waals surface area contributed by atoms with Gasteiger partial charge in [0, 0.05) is 20.1 Å². The lowest BCUT2D eigenvalue weighted by Crippen LogP contribution is -2.36. The average Bonchev–Trinajstić information content (AvgIpc) is 2.73. The van der Waals surface area contributed by atoms with E-state index in [0.717, 1.165) is 17.7 Å². The summed E-state index contributed by atoms with van der Waals surface area (Å²) in [5.74, 6) is 1.30. The van der Waals surface area contributed by atoms with Crippen LogP contribution in [0.15, 0.2) is 6.20 Å². The van der Waals surface area contributed by atoms with Gasteiger partial charge in [-0.05, 0) is 20.8 Å². The number of nitrogens with zero attached hydrogens (tertiary/aromatic N) is 4. The maximum atomic E-state index is 9.92. The smallest absolute Gasteiger partial charge is 0.226 e. The standard InChI is InChI=1S/C12H20N6O/c1-5-13-11-15-9-8(6-14-17-9)10(16-11)18(4)7-12(2,3)19/h6,19H,5,7H2,1-4H3,(H2,13,14,15,16,17). The Morgan fingerprint density at radius 3 is 2.79 bits per heavy atom. The summed E-state index contributed by atoms with van der Waals surface area (Å²) in [6.07, 6.45) is 1.70. The molecule has 0 aliphatic rings. The molecule has 104 valence electrons. The highest BCUT2D eigenvalue weighted by atomic mass is 16.3. The third kappa shape index (κ3) is 3.11. The molecule has 0 aliphatic heterocycles. The molecule has 0 fully saturated rings. The first-order chi connectivity index (χ1) is 8.90. The van der Waals surface area contributed by atoms with Crippen LogP contribution >= 0.6 is 0 Å². The van der Waals surface area contributed by atoms with E-state index in [1.165, 1.54) is 0 Å². The first kappa shape index (κ1) is 13.5. The second kappa shape index (κ2) is 5.00. The largest absolute Gasteiger partial charge is 0.389 e. The summed E-state index contributed by atoms with van der Waals surface area (Å²) in [7, 11) is 1.89. The van der Waals surface area contributed by atoms with Crippen LogP contribution in [0.25, 0.3) is 11.0 Å². The van der Waals surface area contributed by atoms with E-state index in [4.69, 9.17) is 0 Å². The molecule has 0 unspecified atom stereocenters. The maximum absolute atomic E-state index is 9.92. The van der Waals surface area contributed by atoms with Crippen LogP contribution < -0.4 is 10.2 Å². The van der Waals surface area contributed by atoms with Crippen LogP contribution in [-0.4, -0.2) is 51.0 Å². The summed E-state index contributed by atoms with van der Waals surface area (Å²) >= 11 is 0. The lowest BCUT2D eigenvalue weighted by Gasteiger charge is -2.26. The Morgan fingerprint density at radius 1 is 1.42 bits per heavy atom. The fourth-order valence-corrected chi connectivity index (χ4v) is 2.00. The fraction of sp³-hybridized carbons (Fsp3) is 0.583. The van der Waals surface area contributed by atoms with Gasteiger partial charge in [0.15, 0.2) is 5.65 Å². The van der Waals surface area contributed by atoms with Crippen molar-refractivity contribution in [1.29, 1.82) is 0 Å². The van der Waals surface area contributed by atoms with Crippen LogP contribution in [0.2, 0.25) is 0 Å². The molecule has 0 aromatic carbocycles. The van der Waals surface area contributed by atoms with E-state index in [2.05, 4.69) is 25.5 Å². The van der Waals surface area contributed by atoms with E-state index < -0.39 is 5.60 Å². The van der Waals surface area contributed by atoms with Gasteiger partial charge in [-0.2, -0.15) is 15.1 Å². The normalized spacial score (nSPS) is 11.8. The third-order valence-corrected chi connectivity index (χ3v) is 2.61. The second-order valence-corrected chi connectivity index (χ2v) is 5.20. The monoisotopic (exact) mass is 264 g/mol. The average molecular weight is 264 g/mol. The van der Waals surface area contributed by atoms with Crippen molar-refractivity contribution < 1.29 is 5.11 Å². The number of H-pyrrole nitrogens is 1. The molecular weight excluding hydrogens is 244 g/mol. The number of aromatic amines is 1. The van der Waals surface area contributed by atoms with Crippen molar-refractivity contribution in [2.45, 2.75) is 26.4 Å². The van der Waals surface area contributed by atoms with Crippen molar-refractivity contribution in [2.24, 2.45) is 0 Å². The Kier molecular flexibility index (Phi) is 3.57. The van der Waals surface area contributed by atoms with E-state index in [0.29, 0.717) is 18.1 Å². The molecule has 0 spiro atoms. The van der Waals surface area contributed by atoms with Crippen LogP contribution in [0, 0.1) is 0 Å². The van der Waals surface area contributed by atoms with E-state index in [1.54, 1.807) is 20.0 Å². The van der Waals surface area contributed by atoms with Gasteiger partial charge in [0.2, 0.25) is 5.95 Å². The summed E-state index contributed by atoms with van der Waals surface area (Å²) in [5, 5.41) is 20.7. The first-order valence-electron chi connectivity index (χ1n) is 6.29. The lowest BCUT2D eigenvalue weighted by atomic mass is 10.1. The number of aromatic nitrogens is 4. The van der Waals surface area contributed by atoms with Gasteiger partial charge in [0.1, 0.15) is 5.82 Å². The van der Waals surface area contributed by atoms with Crippen molar-refractivity contribution in [1.82, 2.24) is 20.2 Å². The summed E-state index contributed by atoms with van der Waals surface area (Å²) < 4.78 is 0. The minimum atomic E-state index is -0.798. The van der Waals surface area contributed by atoms with Crippen LogP contribution in [0.5, 0.6) is 0 Å². The van der Waals surface area contributed by atoms with Crippen LogP contribution in [0.1, 0.15) is 20.8 Å². The quantitative estimate of drug-likeness (QED) is 0.746. The van der Waals surface area contributed by atoms with Gasteiger partial charge < -0.3 is 15.3 Å². The van der Waals surface area contributed by atoms with Crippen LogP contribution in [0.3, 0.4) is 0 Å². The van der Waals surface area contributed by atoms with Gasteiger partial charge >= 0.3 is 0 Å². The third-order valence-electron chi connectivity index (χ3n) is 2.61. The molecule has 0 amide bonds. The summed E-state index contributed by atoms with van der Waals surface area (Å²) in [4.78, 5) is 10.7. The van der Waals surface area contributed by atoms with Gasteiger partial charge in [0.05, 0.1) is 17.2 Å². The van der Waals surface area contributed by atoms with E-state index in [9.17, 15) is 5.11 Å². The second-order valence-electron chi connectivity index (χ2n) is 5.20. The molecule has 19 heavy (non-hydrogen) atoms. The van der Waals surface area contributed by atoms with Gasteiger partial charge in [-0.25, -0.2) is 0 Å². The molecule has 0 radical (unpaired) electrons. The molecule has 2 aromatic heterocycles. The highest BCUT2D eigenvalue weighted by molar-refractivity contribution is 5.87. The number of nitrogens with one attached hydrogen (secondary N) is 2. The molecule has 0 saturated carbocycles. The van der Waals surface area contributed by atoms with Crippen molar-refractivity contribution in [3.63, 3.8) is 0 Å². The minimum absolute atomic E-state index is 0.468. The Bertz CT molecular complexity index is 559. The Morgan fingerprint density at radius 2 is 2.16 bits per heavy atom. The maximum Gasteiger partial charge on any atom is 0.226 e.